The molecule has 0 aliphatic carbocycles. The zero-order valence-corrected chi connectivity index (χ0v) is 53.8. The van der Waals surface area contributed by atoms with Gasteiger partial charge < -0.3 is 61.9 Å². The molecule has 0 spiro atoms. The maximum atomic E-state index is 12.8. The average molecular weight is 1290 g/mol. The first-order chi connectivity index (χ1) is 46.6. The van der Waals surface area contributed by atoms with Gasteiger partial charge in [0, 0.05) is 100 Å². The molecular formula is C78H80N2O15. The molecular weight excluding hydrogens is 1200 g/mol. The molecule has 2 saturated heterocycles. The first kappa shape index (κ1) is 65.5. The molecule has 17 nitrogen and oxygen atoms in total. The van der Waals surface area contributed by atoms with Crippen LogP contribution in [-0.2, 0) is 63.5 Å². The molecule has 0 saturated carbocycles. The maximum Gasteiger partial charge on any atom is 0.306 e. The SMILES string of the molecule is CCC(COCC(CC)OC(=O)CCC(=O)OCCOc1ccc(C2(c3ccccc3)C=Cc3c(cc(N4CCOCC4)c4ccccc34)O2)cc1)OC(=O)CCC(=O)COCOc1ccc(C2(c3ccccc3)C=Cc3c(cc(N4CCOCC4)c4ccccc34)O2)cc1. The van der Waals surface area contributed by atoms with Gasteiger partial charge in [0.15, 0.2) is 23.8 Å². The van der Waals surface area contributed by atoms with Crippen LogP contribution in [0.4, 0.5) is 11.4 Å². The highest BCUT2D eigenvalue weighted by Crippen LogP contribution is 2.49. The zero-order valence-electron chi connectivity index (χ0n) is 53.8. The Hall–Kier alpha value is -9.52. The number of benzene rings is 8. The van der Waals surface area contributed by atoms with Crippen LogP contribution in [0, 0.1) is 0 Å². The molecule has 8 aromatic rings. The summed E-state index contributed by atoms with van der Waals surface area (Å²) in [6.07, 6.45) is 7.76. The van der Waals surface area contributed by atoms with E-state index in [2.05, 4.69) is 119 Å². The van der Waals surface area contributed by atoms with Gasteiger partial charge in [-0.05, 0) is 72.2 Å². The monoisotopic (exact) mass is 1280 g/mol. The Kier molecular flexibility index (Phi) is 21.5. The van der Waals surface area contributed by atoms with E-state index in [-0.39, 0.29) is 71.3 Å². The first-order valence-electron chi connectivity index (χ1n) is 32.9. The van der Waals surface area contributed by atoms with Crippen LogP contribution in [0.25, 0.3) is 33.7 Å². The molecule has 4 aliphatic rings. The van der Waals surface area contributed by atoms with Gasteiger partial charge in [0.2, 0.25) is 0 Å². The fourth-order valence-electron chi connectivity index (χ4n) is 12.6. The highest BCUT2D eigenvalue weighted by Gasteiger charge is 2.40. The summed E-state index contributed by atoms with van der Waals surface area (Å²) in [5.74, 6) is 0.760. The first-order valence-corrected chi connectivity index (χ1v) is 32.9. The number of Topliss-reactive ketones (excluding diaryl/α,β-unsaturated/α-hetero) is 1. The van der Waals surface area contributed by atoms with Crippen molar-refractivity contribution in [2.24, 2.45) is 0 Å². The number of hydrogen-bond donors (Lipinski definition) is 0. The van der Waals surface area contributed by atoms with Crippen LogP contribution in [0.15, 0.2) is 182 Å². The van der Waals surface area contributed by atoms with Gasteiger partial charge >= 0.3 is 17.9 Å². The van der Waals surface area contributed by atoms with Gasteiger partial charge in [-0.3, -0.25) is 19.2 Å². The number of ether oxygens (including phenoxy) is 11. The topological polar surface area (TPSA) is 176 Å². The Morgan fingerprint density at radius 1 is 0.463 bits per heavy atom. The van der Waals surface area contributed by atoms with Crippen LogP contribution in [0.2, 0.25) is 0 Å². The summed E-state index contributed by atoms with van der Waals surface area (Å²) in [4.78, 5) is 55.8. The van der Waals surface area contributed by atoms with Crippen molar-refractivity contribution in [3.63, 3.8) is 0 Å². The third-order valence-corrected chi connectivity index (χ3v) is 17.7. The normalized spacial score (nSPS) is 18.0. The summed E-state index contributed by atoms with van der Waals surface area (Å²) >= 11 is 0. The largest absolute Gasteiger partial charge is 0.490 e. The number of morpholine rings is 2. The lowest BCUT2D eigenvalue weighted by Gasteiger charge is -2.38. The minimum atomic E-state index is -0.928. The van der Waals surface area contributed by atoms with Gasteiger partial charge in [-0.25, -0.2) is 0 Å². The Labute approximate surface area is 554 Å². The Bertz CT molecular complexity index is 3740. The van der Waals surface area contributed by atoms with E-state index in [9.17, 15) is 19.2 Å². The second-order valence-electron chi connectivity index (χ2n) is 23.8. The van der Waals surface area contributed by atoms with Gasteiger partial charge in [-0.1, -0.05) is 147 Å². The molecule has 0 N–H and O–H groups in total. The van der Waals surface area contributed by atoms with E-state index in [4.69, 9.17) is 52.1 Å². The molecule has 492 valence electrons. The minimum absolute atomic E-state index is 0.0165. The van der Waals surface area contributed by atoms with E-state index < -0.39 is 41.3 Å². The van der Waals surface area contributed by atoms with Crippen molar-refractivity contribution >= 4 is 68.8 Å². The van der Waals surface area contributed by atoms with Crippen LogP contribution in [-0.4, -0.2) is 128 Å². The van der Waals surface area contributed by atoms with Gasteiger partial charge in [0.05, 0.1) is 58.9 Å². The van der Waals surface area contributed by atoms with Gasteiger partial charge in [0.1, 0.15) is 55.0 Å². The zero-order chi connectivity index (χ0) is 65.4. The molecule has 95 heavy (non-hydrogen) atoms. The third kappa shape index (κ3) is 15.5. The van der Waals surface area contributed by atoms with E-state index >= 15 is 0 Å². The quantitative estimate of drug-likeness (QED) is 0.0187. The second-order valence-corrected chi connectivity index (χ2v) is 23.8. The number of carbonyl (C=O) groups is 4. The summed E-state index contributed by atoms with van der Waals surface area (Å²) in [6.45, 7) is 9.36. The molecule has 4 aliphatic heterocycles. The van der Waals surface area contributed by atoms with Crippen LogP contribution in [0.1, 0.15) is 85.8 Å². The molecule has 0 amide bonds. The number of ketones is 1. The number of fused-ring (bicyclic) bond motifs is 6. The summed E-state index contributed by atoms with van der Waals surface area (Å²) in [6, 6.07) is 56.9. The van der Waals surface area contributed by atoms with Crippen molar-refractivity contribution in [3.8, 4) is 23.0 Å². The van der Waals surface area contributed by atoms with E-state index in [1.165, 1.54) is 10.8 Å². The van der Waals surface area contributed by atoms with Crippen molar-refractivity contribution in [2.45, 2.75) is 75.8 Å². The second kappa shape index (κ2) is 31.1. The number of nitrogens with zero attached hydrogens (tertiary/aromatic N) is 2. The molecule has 17 heteroatoms. The average Bonchev–Trinajstić information content (AvgIpc) is 0.744. The van der Waals surface area contributed by atoms with Gasteiger partial charge in [0.25, 0.3) is 0 Å². The molecule has 4 atom stereocenters. The number of esters is 3. The molecule has 0 radical (unpaired) electrons. The number of anilines is 2. The predicted molar refractivity (Wildman–Crippen MR) is 363 cm³/mol. The van der Waals surface area contributed by atoms with E-state index in [0.29, 0.717) is 50.8 Å². The molecule has 4 unspecified atom stereocenters. The van der Waals surface area contributed by atoms with Crippen LogP contribution in [0.3, 0.4) is 0 Å². The van der Waals surface area contributed by atoms with Gasteiger partial charge in [-0.15, -0.1) is 0 Å². The molecule has 2 fully saturated rings. The Morgan fingerprint density at radius 2 is 0.884 bits per heavy atom. The van der Waals surface area contributed by atoms with Crippen LogP contribution in [0.5, 0.6) is 23.0 Å². The molecule has 0 aromatic heterocycles. The van der Waals surface area contributed by atoms with Crippen molar-refractivity contribution in [1.29, 1.82) is 0 Å². The van der Waals surface area contributed by atoms with Crippen molar-refractivity contribution in [3.05, 3.63) is 215 Å². The highest BCUT2D eigenvalue weighted by atomic mass is 16.7. The lowest BCUT2D eigenvalue weighted by Crippen LogP contribution is -2.37. The predicted octanol–water partition coefficient (Wildman–Crippen LogP) is 13.1. The molecule has 4 heterocycles. The Balaban J connectivity index is 0.535. The maximum absolute atomic E-state index is 12.8. The van der Waals surface area contributed by atoms with E-state index in [1.54, 1.807) is 0 Å². The van der Waals surface area contributed by atoms with Crippen molar-refractivity contribution < 1.29 is 71.3 Å². The summed E-state index contributed by atoms with van der Waals surface area (Å²) < 4.78 is 65.6. The smallest absolute Gasteiger partial charge is 0.306 e. The summed E-state index contributed by atoms with van der Waals surface area (Å²) in [5, 5.41) is 4.59. The van der Waals surface area contributed by atoms with Crippen molar-refractivity contribution in [2.75, 3.05) is 102 Å². The van der Waals surface area contributed by atoms with E-state index in [0.717, 1.165) is 93.2 Å². The van der Waals surface area contributed by atoms with Crippen molar-refractivity contribution in [1.82, 2.24) is 0 Å². The molecule has 8 aromatic carbocycles. The summed E-state index contributed by atoms with van der Waals surface area (Å²) in [5.41, 5.74) is 6.21. The Morgan fingerprint density at radius 3 is 1.36 bits per heavy atom. The lowest BCUT2D eigenvalue weighted by molar-refractivity contribution is -0.159. The third-order valence-electron chi connectivity index (χ3n) is 17.7. The highest BCUT2D eigenvalue weighted by molar-refractivity contribution is 6.03. The standard InChI is InChI=1S/C78H80N2O15/c1-3-60(92-75(83)32-27-59(81)51-88-54-91-63-30-25-58(26-31-63)78(56-17-9-6-10-18-56)38-36-69-65-20-12-14-22-67(65)71(50-73(69)95-78)80-41-45-86-46-42-80)52-87-53-61(4-2)93-76(84)34-33-74(82)90-48-47-89-62-28-23-57(24-29-62)77(55-15-7-5-8-16-55)37-35-68-64-19-11-13-21-66(64)70(49-72(68)94-77)79-39-43-85-44-40-79/h5-26,28-31,35-38,49-50,60-61H,3-4,27,32-34,39-48,51-54H2,1-2H3. The number of hydrogen-bond acceptors (Lipinski definition) is 17. The molecule has 0 bridgehead atoms. The lowest BCUT2D eigenvalue weighted by atomic mass is 9.83. The van der Waals surface area contributed by atoms with Crippen LogP contribution < -0.4 is 28.7 Å². The number of rotatable bonds is 29. The fourth-order valence-corrected chi connectivity index (χ4v) is 12.6. The van der Waals surface area contributed by atoms with E-state index in [1.807, 2.05) is 98.8 Å². The van der Waals surface area contributed by atoms with Crippen LogP contribution >= 0.6 is 0 Å². The summed E-state index contributed by atoms with van der Waals surface area (Å²) in [7, 11) is 0. The molecule has 12 rings (SSSR count). The number of carbonyl (C=O) groups excluding carboxylic acids is 4. The fraction of sp³-hybridized carbons (Fsp3) is 0.333. The minimum Gasteiger partial charge on any atom is -0.490 e. The van der Waals surface area contributed by atoms with Gasteiger partial charge in [-0.2, -0.15) is 0 Å².